The number of carbonyl (C=O) groups excluding carboxylic acids is 7. The van der Waals surface area contributed by atoms with Gasteiger partial charge in [0.2, 0.25) is 29.5 Å². The number of carbonyl (C=O) groups is 8. The van der Waals surface area contributed by atoms with E-state index in [2.05, 4.69) is 31.9 Å². The number of benzene rings is 3. The van der Waals surface area contributed by atoms with Gasteiger partial charge in [0, 0.05) is 30.9 Å². The average Bonchev–Trinajstić information content (AvgIpc) is 3.81. The standard InChI is InChI=1S/C54H72N8O13/c1-34(61(5)53(70)71)48(65)60-47(36-15-7-6-8-16-36)51(68)62-31-39(30-44(62)50(67)57-41-21-13-17-35-14-9-10-18-40(35)41)56-46(64)33-74-29-27-72-26-28-73-32-45(63)55-38-24-22-37(23-25-38)49(66)58-42-19-11-12-20-43(42)59-52(69)75-54(2,3)4/h9-12,14,18-20,22-25,34,36,39,41,44,47H,6-8,13,15-17,21,26-33H2,1-5H3,(H,55,63)(H,56,64)(H,57,67)(H,58,66)(H,59,69)(H,60,65)(H,70,71)/t34?,39-,41+,44-,47-/m0/s1. The molecule has 2 fully saturated rings. The van der Waals surface area contributed by atoms with E-state index in [1.807, 2.05) is 24.3 Å². The van der Waals surface area contributed by atoms with E-state index >= 15 is 0 Å². The topological polar surface area (TPSA) is 272 Å². The summed E-state index contributed by atoms with van der Waals surface area (Å²) >= 11 is 0. The van der Waals surface area contributed by atoms with Gasteiger partial charge in [0.15, 0.2) is 0 Å². The predicted octanol–water partition coefficient (Wildman–Crippen LogP) is 5.62. The van der Waals surface area contributed by atoms with E-state index in [4.69, 9.17) is 18.9 Å². The highest BCUT2D eigenvalue weighted by Crippen LogP contribution is 2.33. The number of hydrogen-bond acceptors (Lipinski definition) is 12. The van der Waals surface area contributed by atoms with Gasteiger partial charge >= 0.3 is 12.2 Å². The fourth-order valence-electron chi connectivity index (χ4n) is 9.40. The van der Waals surface area contributed by atoms with Crippen LogP contribution in [0.3, 0.4) is 0 Å². The van der Waals surface area contributed by atoms with E-state index in [0.717, 1.165) is 54.6 Å². The van der Waals surface area contributed by atoms with Gasteiger partial charge in [-0.3, -0.25) is 39.0 Å². The minimum Gasteiger partial charge on any atom is -0.465 e. The maximum Gasteiger partial charge on any atom is 0.412 e. The van der Waals surface area contributed by atoms with Crippen LogP contribution < -0.4 is 31.9 Å². The SMILES string of the molecule is CC(C(=O)N[C@H](C(=O)N1C[C@@H](NC(=O)COCCOCCOCC(=O)Nc2ccc(C(=O)Nc3ccccc3NC(=O)OC(C)(C)C)cc2)C[C@H]1C(=O)N[C@@H]1CCCc2ccccc21)C1CCCCC1)N(C)C(=O)O. The van der Waals surface area contributed by atoms with Crippen LogP contribution in [-0.2, 0) is 49.3 Å². The Morgan fingerprint density at radius 2 is 1.36 bits per heavy atom. The van der Waals surface area contributed by atoms with Gasteiger partial charge in [-0.1, -0.05) is 55.7 Å². The Labute approximate surface area is 437 Å². The smallest absolute Gasteiger partial charge is 0.412 e. The van der Waals surface area contributed by atoms with Crippen LogP contribution in [0.15, 0.2) is 72.8 Å². The number of carboxylic acid groups (broad SMARTS) is 1. The van der Waals surface area contributed by atoms with Gasteiger partial charge in [-0.05, 0) is 120 Å². The van der Waals surface area contributed by atoms with E-state index in [1.165, 1.54) is 18.9 Å². The molecule has 0 bridgehead atoms. The number of fused-ring (bicyclic) bond motifs is 1. The fourth-order valence-corrected chi connectivity index (χ4v) is 9.40. The molecule has 1 unspecified atom stereocenters. The Balaban J connectivity index is 0.926. The summed E-state index contributed by atoms with van der Waals surface area (Å²) in [6, 6.07) is 17.0. The predicted molar refractivity (Wildman–Crippen MR) is 278 cm³/mol. The number of hydrogen-bond donors (Lipinski definition) is 7. The summed E-state index contributed by atoms with van der Waals surface area (Å²) in [7, 11) is 1.29. The normalized spacial score (nSPS) is 18.3. The molecule has 3 aliphatic rings. The van der Waals surface area contributed by atoms with E-state index in [1.54, 1.807) is 69.3 Å². The Bertz CT molecular complexity index is 2480. The molecule has 0 spiro atoms. The lowest BCUT2D eigenvalue weighted by Crippen LogP contribution is -2.59. The van der Waals surface area contributed by atoms with Crippen molar-refractivity contribution in [3.8, 4) is 0 Å². The van der Waals surface area contributed by atoms with Gasteiger partial charge in [0.25, 0.3) is 5.91 Å². The molecule has 6 rings (SSSR count). The molecule has 0 aromatic heterocycles. The maximum atomic E-state index is 14.7. The zero-order valence-electron chi connectivity index (χ0n) is 43.4. The molecular formula is C54H72N8O13. The van der Waals surface area contributed by atoms with E-state index < -0.39 is 71.5 Å². The van der Waals surface area contributed by atoms with Crippen LogP contribution >= 0.6 is 0 Å². The molecule has 8 amide bonds. The third-order valence-corrected chi connectivity index (χ3v) is 13.3. The van der Waals surface area contributed by atoms with Crippen molar-refractivity contribution >= 4 is 64.7 Å². The second kappa shape index (κ2) is 27.4. The minimum absolute atomic E-state index is 0.00869. The first-order chi connectivity index (χ1) is 35.9. The van der Waals surface area contributed by atoms with Crippen molar-refractivity contribution in [3.05, 3.63) is 89.5 Å². The largest absolute Gasteiger partial charge is 0.465 e. The first-order valence-electron chi connectivity index (χ1n) is 25.6. The summed E-state index contributed by atoms with van der Waals surface area (Å²) in [5.41, 5.74) is 2.97. The van der Waals surface area contributed by atoms with Crippen LogP contribution in [0.4, 0.5) is 26.7 Å². The highest BCUT2D eigenvalue weighted by molar-refractivity contribution is 6.07. The molecular weight excluding hydrogens is 969 g/mol. The molecule has 1 heterocycles. The van der Waals surface area contributed by atoms with Crippen LogP contribution in [0, 0.1) is 5.92 Å². The lowest BCUT2D eigenvalue weighted by Gasteiger charge is -2.36. The Hall–Kier alpha value is -7.10. The van der Waals surface area contributed by atoms with Crippen molar-refractivity contribution in [2.45, 2.75) is 121 Å². The number of rotatable bonds is 22. The van der Waals surface area contributed by atoms with Crippen LogP contribution in [0.1, 0.15) is 107 Å². The Kier molecular flexibility index (Phi) is 20.9. The third kappa shape index (κ3) is 17.2. The second-order valence-electron chi connectivity index (χ2n) is 20.1. The van der Waals surface area contributed by atoms with Crippen molar-refractivity contribution in [3.63, 3.8) is 0 Å². The summed E-state index contributed by atoms with van der Waals surface area (Å²) in [6.07, 6.45) is 4.74. The zero-order valence-corrected chi connectivity index (χ0v) is 43.4. The van der Waals surface area contributed by atoms with Crippen molar-refractivity contribution in [2.24, 2.45) is 5.92 Å². The highest BCUT2D eigenvalue weighted by atomic mass is 16.6. The molecule has 5 atom stereocenters. The van der Waals surface area contributed by atoms with Crippen molar-refractivity contribution in [2.75, 3.05) is 69.2 Å². The molecule has 3 aromatic carbocycles. The van der Waals surface area contributed by atoms with Crippen LogP contribution in [-0.4, -0.2) is 146 Å². The molecule has 21 heteroatoms. The van der Waals surface area contributed by atoms with Gasteiger partial charge in [-0.25, -0.2) is 9.59 Å². The summed E-state index contributed by atoms with van der Waals surface area (Å²) in [4.78, 5) is 108. The van der Waals surface area contributed by atoms with Crippen molar-refractivity contribution in [1.29, 1.82) is 0 Å². The lowest BCUT2D eigenvalue weighted by molar-refractivity contribution is -0.143. The summed E-state index contributed by atoms with van der Waals surface area (Å²) in [5, 5.41) is 26.6. The number of likely N-dealkylation sites (N-methyl/N-ethyl adjacent to an activating group) is 1. The van der Waals surface area contributed by atoms with Crippen LogP contribution in [0.5, 0.6) is 0 Å². The molecule has 0 radical (unpaired) electrons. The van der Waals surface area contributed by atoms with Crippen molar-refractivity contribution in [1.82, 2.24) is 25.8 Å². The maximum absolute atomic E-state index is 14.7. The number of amides is 8. The fraction of sp³-hybridized carbons (Fsp3) is 0.519. The van der Waals surface area contributed by atoms with Gasteiger partial charge < -0.3 is 55.5 Å². The van der Waals surface area contributed by atoms with Crippen molar-refractivity contribution < 1.29 is 62.4 Å². The van der Waals surface area contributed by atoms with Gasteiger partial charge in [-0.2, -0.15) is 0 Å². The molecule has 3 aromatic rings. The Morgan fingerprint density at radius 1 is 0.733 bits per heavy atom. The van der Waals surface area contributed by atoms with Gasteiger partial charge in [0.05, 0.1) is 43.8 Å². The summed E-state index contributed by atoms with van der Waals surface area (Å²) in [5.74, 6) is -2.98. The molecule has 75 heavy (non-hydrogen) atoms. The molecule has 406 valence electrons. The monoisotopic (exact) mass is 1040 g/mol. The van der Waals surface area contributed by atoms with Crippen LogP contribution in [0.2, 0.25) is 0 Å². The summed E-state index contributed by atoms with van der Waals surface area (Å²) in [6.45, 7) is 6.56. The molecule has 1 saturated carbocycles. The molecule has 21 nitrogen and oxygen atoms in total. The number of ether oxygens (including phenoxy) is 4. The van der Waals surface area contributed by atoms with E-state index in [0.29, 0.717) is 35.5 Å². The Morgan fingerprint density at radius 3 is 2.03 bits per heavy atom. The molecule has 1 aliphatic heterocycles. The van der Waals surface area contributed by atoms with Gasteiger partial charge in [0.1, 0.15) is 36.9 Å². The number of anilines is 3. The summed E-state index contributed by atoms with van der Waals surface area (Å²) < 4.78 is 21.9. The third-order valence-electron chi connectivity index (χ3n) is 13.3. The number of aryl methyl sites for hydroxylation is 1. The number of nitrogens with zero attached hydrogens (tertiary/aromatic N) is 2. The highest BCUT2D eigenvalue weighted by Gasteiger charge is 2.45. The average molecular weight is 1040 g/mol. The lowest BCUT2D eigenvalue weighted by atomic mass is 9.83. The zero-order chi connectivity index (χ0) is 54.1. The molecule has 2 aliphatic carbocycles. The quantitative estimate of drug-likeness (QED) is 0.0604. The molecule has 1 saturated heterocycles. The minimum atomic E-state index is -1.29. The van der Waals surface area contributed by atoms with E-state index in [-0.39, 0.29) is 70.5 Å². The van der Waals surface area contributed by atoms with E-state index in [9.17, 15) is 43.5 Å². The van der Waals surface area contributed by atoms with Crippen LogP contribution in [0.25, 0.3) is 0 Å². The second-order valence-corrected chi connectivity index (χ2v) is 20.1. The first-order valence-corrected chi connectivity index (χ1v) is 25.6. The number of nitrogens with one attached hydrogen (secondary N) is 6. The number of likely N-dealkylation sites (tertiary alicyclic amines) is 1. The molecule has 7 N–H and O–H groups in total. The number of para-hydroxylation sites is 2. The van der Waals surface area contributed by atoms with Gasteiger partial charge in [-0.15, -0.1) is 0 Å². The first kappa shape index (κ1) is 57.2.